The summed E-state index contributed by atoms with van der Waals surface area (Å²) < 4.78 is 9.08. The van der Waals surface area contributed by atoms with Crippen molar-refractivity contribution in [2.45, 2.75) is 6.92 Å². The van der Waals surface area contributed by atoms with Crippen LogP contribution in [-0.4, -0.2) is 21.5 Å². The van der Waals surface area contributed by atoms with E-state index >= 15 is 0 Å². The number of nitrogens with two attached hydrogens (primary N) is 1. The van der Waals surface area contributed by atoms with Crippen LogP contribution in [0.1, 0.15) is 5.82 Å². The highest BCUT2D eigenvalue weighted by molar-refractivity contribution is 7.13. The van der Waals surface area contributed by atoms with Gasteiger partial charge in [0.2, 0.25) is 5.88 Å². The molecule has 0 bridgehead atoms. The first kappa shape index (κ1) is 8.18. The second kappa shape index (κ2) is 2.81. The van der Waals surface area contributed by atoms with Gasteiger partial charge in [-0.05, 0) is 18.5 Å². The lowest BCUT2D eigenvalue weighted by atomic mass is 10.4. The Balaban J connectivity index is 2.82. The first-order chi connectivity index (χ1) is 6.22. The predicted molar refractivity (Wildman–Crippen MR) is 50.9 cm³/mol. The van der Waals surface area contributed by atoms with Crippen LogP contribution in [0, 0.1) is 6.92 Å². The topological polar surface area (TPSA) is 73.9 Å². The quantitative estimate of drug-likeness (QED) is 0.736. The van der Waals surface area contributed by atoms with E-state index in [1.165, 1.54) is 11.5 Å². The molecule has 2 heterocycles. The number of aromatic nitrogens is 3. The molecule has 0 atom stereocenters. The van der Waals surface area contributed by atoms with E-state index in [1.54, 1.807) is 14.0 Å². The first-order valence-corrected chi connectivity index (χ1v) is 4.43. The maximum atomic E-state index is 5.71. The molecule has 0 saturated heterocycles. The largest absolute Gasteiger partial charge is 0.480 e. The van der Waals surface area contributed by atoms with E-state index in [0.717, 1.165) is 4.83 Å². The fourth-order valence-corrected chi connectivity index (χ4v) is 1.90. The zero-order chi connectivity index (χ0) is 9.42. The van der Waals surface area contributed by atoms with Crippen molar-refractivity contribution in [1.82, 2.24) is 14.3 Å². The molecule has 2 aromatic heterocycles. The Morgan fingerprint density at radius 2 is 2.15 bits per heavy atom. The molecule has 0 unspecified atom stereocenters. The number of methoxy groups -OCH3 is 1. The van der Waals surface area contributed by atoms with Gasteiger partial charge in [0.15, 0.2) is 4.83 Å². The summed E-state index contributed by atoms with van der Waals surface area (Å²) in [5.41, 5.74) is 5.71. The highest BCUT2D eigenvalue weighted by Gasteiger charge is 2.12. The van der Waals surface area contributed by atoms with Gasteiger partial charge in [0.25, 0.3) is 0 Å². The molecule has 6 heteroatoms. The molecule has 2 N–H and O–H groups in total. The molecule has 0 aliphatic carbocycles. The van der Waals surface area contributed by atoms with Crippen LogP contribution in [-0.2, 0) is 0 Å². The highest BCUT2D eigenvalue weighted by atomic mass is 32.1. The Labute approximate surface area is 78.7 Å². The van der Waals surface area contributed by atoms with Crippen LogP contribution in [0.4, 0.5) is 5.82 Å². The van der Waals surface area contributed by atoms with Gasteiger partial charge < -0.3 is 10.5 Å². The van der Waals surface area contributed by atoms with Crippen molar-refractivity contribution in [2.24, 2.45) is 0 Å². The Morgan fingerprint density at radius 1 is 1.38 bits per heavy atom. The number of hydrogen-bond acceptors (Lipinski definition) is 6. The highest BCUT2D eigenvalue weighted by Crippen LogP contribution is 2.30. The smallest absolute Gasteiger partial charge is 0.238 e. The summed E-state index contributed by atoms with van der Waals surface area (Å²) >= 11 is 1.26. The SMILES string of the molecule is COc1nsc2nc(C)nc(N)c12. The molecule has 2 rings (SSSR count). The van der Waals surface area contributed by atoms with Gasteiger partial charge in [0.1, 0.15) is 17.0 Å². The molecule has 0 spiro atoms. The van der Waals surface area contributed by atoms with E-state index in [1.807, 2.05) is 0 Å². The fourth-order valence-electron chi connectivity index (χ4n) is 1.10. The molecule has 0 aliphatic heterocycles. The van der Waals surface area contributed by atoms with Crippen LogP contribution in [0.3, 0.4) is 0 Å². The fraction of sp³-hybridized carbons (Fsp3) is 0.286. The zero-order valence-electron chi connectivity index (χ0n) is 7.24. The van der Waals surface area contributed by atoms with Crippen molar-refractivity contribution in [3.05, 3.63) is 5.82 Å². The molecule has 0 aromatic carbocycles. The number of nitrogens with zero attached hydrogens (tertiary/aromatic N) is 3. The number of nitrogen functional groups attached to an aromatic ring is 1. The van der Waals surface area contributed by atoms with E-state index in [0.29, 0.717) is 22.9 Å². The van der Waals surface area contributed by atoms with Crippen molar-refractivity contribution in [2.75, 3.05) is 12.8 Å². The monoisotopic (exact) mass is 196 g/mol. The van der Waals surface area contributed by atoms with E-state index in [4.69, 9.17) is 10.5 Å². The van der Waals surface area contributed by atoms with Gasteiger partial charge in [-0.2, -0.15) is 4.37 Å². The lowest BCUT2D eigenvalue weighted by Gasteiger charge is -1.98. The minimum Gasteiger partial charge on any atom is -0.480 e. The number of ether oxygens (including phenoxy) is 1. The van der Waals surface area contributed by atoms with Gasteiger partial charge in [-0.25, -0.2) is 9.97 Å². The van der Waals surface area contributed by atoms with Gasteiger partial charge in [-0.15, -0.1) is 0 Å². The maximum Gasteiger partial charge on any atom is 0.238 e. The summed E-state index contributed by atoms with van der Waals surface area (Å²) in [7, 11) is 1.55. The third kappa shape index (κ3) is 1.19. The van der Waals surface area contributed by atoms with Gasteiger partial charge >= 0.3 is 0 Å². The average molecular weight is 196 g/mol. The summed E-state index contributed by atoms with van der Waals surface area (Å²) in [6.07, 6.45) is 0. The summed E-state index contributed by atoms with van der Waals surface area (Å²) in [5.74, 6) is 1.57. The van der Waals surface area contributed by atoms with Gasteiger partial charge in [-0.3, -0.25) is 0 Å². The van der Waals surface area contributed by atoms with E-state index in [-0.39, 0.29) is 0 Å². The lowest BCUT2D eigenvalue weighted by molar-refractivity contribution is 0.407. The van der Waals surface area contributed by atoms with E-state index < -0.39 is 0 Å². The predicted octanol–water partition coefficient (Wildman–Crippen LogP) is 0.986. The minimum atomic E-state index is 0.424. The molecule has 0 aliphatic rings. The Kier molecular flexibility index (Phi) is 1.77. The number of aryl methyl sites for hydroxylation is 1. The molecule has 0 fully saturated rings. The third-order valence-corrected chi connectivity index (χ3v) is 2.36. The first-order valence-electron chi connectivity index (χ1n) is 3.66. The van der Waals surface area contributed by atoms with E-state index in [9.17, 15) is 0 Å². The summed E-state index contributed by atoms with van der Waals surface area (Å²) in [4.78, 5) is 8.99. The molecule has 0 saturated carbocycles. The van der Waals surface area contributed by atoms with Crippen LogP contribution < -0.4 is 10.5 Å². The molecule has 0 amide bonds. The van der Waals surface area contributed by atoms with Crippen molar-refractivity contribution < 1.29 is 4.74 Å². The molecular weight excluding hydrogens is 188 g/mol. The number of hydrogen-bond donors (Lipinski definition) is 1. The molecule has 13 heavy (non-hydrogen) atoms. The normalized spacial score (nSPS) is 10.6. The Hall–Kier alpha value is -1.43. The lowest BCUT2D eigenvalue weighted by Crippen LogP contribution is -1.96. The minimum absolute atomic E-state index is 0.424. The van der Waals surface area contributed by atoms with Crippen LogP contribution in [0.25, 0.3) is 10.2 Å². The molecular formula is C7H8N4OS. The van der Waals surface area contributed by atoms with Crippen LogP contribution in [0.5, 0.6) is 5.88 Å². The molecule has 2 aromatic rings. The number of fused-ring (bicyclic) bond motifs is 1. The molecule has 0 radical (unpaired) electrons. The average Bonchev–Trinajstić information content (AvgIpc) is 2.47. The van der Waals surface area contributed by atoms with Crippen LogP contribution in [0.2, 0.25) is 0 Å². The summed E-state index contributed by atoms with van der Waals surface area (Å²) in [5, 5.41) is 0.707. The Bertz CT molecular complexity index is 453. The Morgan fingerprint density at radius 3 is 2.85 bits per heavy atom. The second-order valence-electron chi connectivity index (χ2n) is 2.53. The molecule has 5 nitrogen and oxygen atoms in total. The van der Waals surface area contributed by atoms with Gasteiger partial charge in [0.05, 0.1) is 7.11 Å². The van der Waals surface area contributed by atoms with Crippen LogP contribution >= 0.6 is 11.5 Å². The summed E-state index contributed by atoms with van der Waals surface area (Å²) in [6, 6.07) is 0. The maximum absolute atomic E-state index is 5.71. The number of rotatable bonds is 1. The molecule has 68 valence electrons. The zero-order valence-corrected chi connectivity index (χ0v) is 8.05. The van der Waals surface area contributed by atoms with Crippen molar-refractivity contribution in [3.8, 4) is 5.88 Å². The third-order valence-electron chi connectivity index (χ3n) is 1.64. The summed E-state index contributed by atoms with van der Waals surface area (Å²) in [6.45, 7) is 1.79. The second-order valence-corrected chi connectivity index (χ2v) is 3.28. The van der Waals surface area contributed by atoms with Crippen LogP contribution in [0.15, 0.2) is 0 Å². The van der Waals surface area contributed by atoms with Crippen molar-refractivity contribution in [1.29, 1.82) is 0 Å². The van der Waals surface area contributed by atoms with Gasteiger partial charge in [0, 0.05) is 0 Å². The van der Waals surface area contributed by atoms with Gasteiger partial charge in [-0.1, -0.05) is 0 Å². The van der Waals surface area contributed by atoms with E-state index in [2.05, 4.69) is 14.3 Å². The standard InChI is InChI=1S/C7H8N4OS/c1-3-9-5(8)4-6(12-2)11-13-7(4)10-3/h1-2H3,(H2,8,9,10). The number of anilines is 1. The van der Waals surface area contributed by atoms with Crippen molar-refractivity contribution >= 4 is 27.6 Å². The van der Waals surface area contributed by atoms with Crippen molar-refractivity contribution in [3.63, 3.8) is 0 Å².